The van der Waals surface area contributed by atoms with Crippen LogP contribution in [-0.4, -0.2) is 22.1 Å². The molecule has 0 saturated heterocycles. The lowest BCUT2D eigenvalue weighted by Crippen LogP contribution is -2.39. The standard InChI is InChI=1S/C21H17N3O5S2/c1-3-29-20(26)17-12(2)22-21-23(18(17)15-9-6-10-30-15)19(25)16(31-21)11-13-7-4-5-8-14(13)24(27)28/h4-11,18H,3H2,1-2H3/b16-11+. The largest absolute Gasteiger partial charge is 0.463 e. The average Bonchev–Trinajstić information content (AvgIpc) is 3.36. The first-order valence-corrected chi connectivity index (χ1v) is 11.1. The Kier molecular flexibility index (Phi) is 5.66. The van der Waals surface area contributed by atoms with E-state index in [4.69, 9.17) is 4.74 Å². The van der Waals surface area contributed by atoms with Gasteiger partial charge in [-0.15, -0.1) is 11.3 Å². The van der Waals surface area contributed by atoms with Crippen LogP contribution >= 0.6 is 22.7 Å². The number of ether oxygens (including phenoxy) is 1. The molecule has 158 valence electrons. The lowest BCUT2D eigenvalue weighted by molar-refractivity contribution is -0.385. The number of rotatable bonds is 5. The zero-order chi connectivity index (χ0) is 22.1. The Morgan fingerprint density at radius 2 is 2.10 bits per heavy atom. The lowest BCUT2D eigenvalue weighted by Gasteiger charge is -2.23. The molecule has 1 aliphatic rings. The molecule has 0 N–H and O–H groups in total. The quantitative estimate of drug-likeness (QED) is 0.334. The molecule has 1 atom stereocenters. The zero-order valence-corrected chi connectivity index (χ0v) is 18.2. The number of nitro benzene ring substituents is 1. The van der Waals surface area contributed by atoms with E-state index < -0.39 is 16.9 Å². The van der Waals surface area contributed by atoms with E-state index in [2.05, 4.69) is 4.99 Å². The van der Waals surface area contributed by atoms with Crippen molar-refractivity contribution >= 4 is 40.4 Å². The highest BCUT2D eigenvalue weighted by Gasteiger charge is 2.33. The van der Waals surface area contributed by atoms with Crippen molar-refractivity contribution in [2.45, 2.75) is 19.9 Å². The molecule has 2 aromatic heterocycles. The molecule has 4 rings (SSSR count). The fourth-order valence-electron chi connectivity index (χ4n) is 3.42. The maximum absolute atomic E-state index is 13.4. The number of nitro groups is 1. The van der Waals surface area contributed by atoms with E-state index in [9.17, 15) is 19.7 Å². The van der Waals surface area contributed by atoms with Crippen LogP contribution in [0, 0.1) is 10.1 Å². The van der Waals surface area contributed by atoms with Gasteiger partial charge in [0, 0.05) is 10.9 Å². The third kappa shape index (κ3) is 3.75. The molecule has 1 aliphatic heterocycles. The number of thiophene rings is 1. The van der Waals surface area contributed by atoms with E-state index in [0.29, 0.717) is 26.2 Å². The van der Waals surface area contributed by atoms with Crippen LogP contribution in [0.3, 0.4) is 0 Å². The first-order valence-electron chi connectivity index (χ1n) is 9.39. The Balaban J connectivity index is 1.96. The summed E-state index contributed by atoms with van der Waals surface area (Å²) in [5.74, 6) is -0.518. The molecule has 0 fully saturated rings. The van der Waals surface area contributed by atoms with Crippen LogP contribution in [-0.2, 0) is 9.53 Å². The molecule has 0 radical (unpaired) electrons. The van der Waals surface area contributed by atoms with E-state index in [1.54, 1.807) is 32.0 Å². The Morgan fingerprint density at radius 1 is 1.32 bits per heavy atom. The molecule has 0 spiro atoms. The van der Waals surface area contributed by atoms with Crippen molar-refractivity contribution in [3.63, 3.8) is 0 Å². The number of allylic oxidation sites excluding steroid dienone is 1. The minimum atomic E-state index is -0.664. The van der Waals surface area contributed by atoms with Gasteiger partial charge in [0.05, 0.1) is 32.9 Å². The highest BCUT2D eigenvalue weighted by atomic mass is 32.1. The van der Waals surface area contributed by atoms with Gasteiger partial charge in [-0.1, -0.05) is 29.5 Å². The maximum atomic E-state index is 13.4. The second-order valence-corrected chi connectivity index (χ2v) is 8.62. The van der Waals surface area contributed by atoms with Gasteiger partial charge in [0.25, 0.3) is 11.2 Å². The summed E-state index contributed by atoms with van der Waals surface area (Å²) in [6.45, 7) is 3.64. The lowest BCUT2D eigenvalue weighted by atomic mass is 10.0. The monoisotopic (exact) mass is 455 g/mol. The van der Waals surface area contributed by atoms with Crippen molar-refractivity contribution in [3.8, 4) is 0 Å². The first kappa shape index (κ1) is 20.9. The average molecular weight is 456 g/mol. The summed E-state index contributed by atoms with van der Waals surface area (Å²) >= 11 is 2.56. The number of para-hydroxylation sites is 1. The second kappa shape index (κ2) is 8.40. The van der Waals surface area contributed by atoms with Gasteiger partial charge in [-0.05, 0) is 37.4 Å². The normalized spacial score (nSPS) is 16.1. The van der Waals surface area contributed by atoms with Crippen molar-refractivity contribution in [1.82, 2.24) is 4.57 Å². The van der Waals surface area contributed by atoms with Gasteiger partial charge in [-0.2, -0.15) is 0 Å². The van der Waals surface area contributed by atoms with E-state index in [-0.39, 0.29) is 17.9 Å². The fourth-order valence-corrected chi connectivity index (χ4v) is 5.29. The van der Waals surface area contributed by atoms with Gasteiger partial charge >= 0.3 is 5.97 Å². The number of benzene rings is 1. The smallest absolute Gasteiger partial charge is 0.338 e. The van der Waals surface area contributed by atoms with Gasteiger partial charge in [0.15, 0.2) is 4.80 Å². The minimum Gasteiger partial charge on any atom is -0.463 e. The number of esters is 1. The minimum absolute atomic E-state index is 0.0912. The number of thiazole rings is 1. The van der Waals surface area contributed by atoms with Crippen LogP contribution in [0.1, 0.15) is 30.3 Å². The molecule has 8 nitrogen and oxygen atoms in total. The molecular weight excluding hydrogens is 438 g/mol. The Morgan fingerprint density at radius 3 is 2.77 bits per heavy atom. The Bertz CT molecular complexity index is 1380. The van der Waals surface area contributed by atoms with Gasteiger partial charge in [0.1, 0.15) is 6.04 Å². The summed E-state index contributed by atoms with van der Waals surface area (Å²) in [6.07, 6.45) is 1.50. The molecule has 1 aromatic carbocycles. The fraction of sp³-hybridized carbons (Fsp3) is 0.190. The maximum Gasteiger partial charge on any atom is 0.338 e. The van der Waals surface area contributed by atoms with Crippen molar-refractivity contribution in [2.75, 3.05) is 6.61 Å². The molecule has 0 amide bonds. The number of hydrogen-bond acceptors (Lipinski definition) is 8. The summed E-state index contributed by atoms with van der Waals surface area (Å²) in [5.41, 5.74) is 0.664. The molecule has 0 saturated carbocycles. The van der Waals surface area contributed by atoms with Gasteiger partial charge in [-0.3, -0.25) is 19.5 Å². The summed E-state index contributed by atoms with van der Waals surface area (Å²) in [7, 11) is 0. The Labute approximate surface area is 184 Å². The van der Waals surface area contributed by atoms with Gasteiger partial charge in [0.2, 0.25) is 0 Å². The van der Waals surface area contributed by atoms with Crippen LogP contribution in [0.5, 0.6) is 0 Å². The summed E-state index contributed by atoms with van der Waals surface area (Å²) < 4.78 is 7.00. The third-order valence-corrected chi connectivity index (χ3v) is 6.66. The van der Waals surface area contributed by atoms with Crippen LogP contribution in [0.2, 0.25) is 0 Å². The van der Waals surface area contributed by atoms with Crippen molar-refractivity contribution in [1.29, 1.82) is 0 Å². The number of fused-ring (bicyclic) bond motifs is 1. The van der Waals surface area contributed by atoms with E-state index in [1.165, 1.54) is 28.0 Å². The molecule has 3 heterocycles. The van der Waals surface area contributed by atoms with Crippen LogP contribution in [0.15, 0.2) is 62.8 Å². The van der Waals surface area contributed by atoms with Gasteiger partial charge in [-0.25, -0.2) is 9.79 Å². The Hall–Kier alpha value is -3.37. The van der Waals surface area contributed by atoms with E-state index >= 15 is 0 Å². The topological polar surface area (TPSA) is 104 Å². The van der Waals surface area contributed by atoms with E-state index in [0.717, 1.165) is 16.2 Å². The van der Waals surface area contributed by atoms with Crippen molar-refractivity contribution in [3.05, 3.63) is 93.3 Å². The first-order chi connectivity index (χ1) is 14.9. The summed E-state index contributed by atoms with van der Waals surface area (Å²) in [4.78, 5) is 42.7. The van der Waals surface area contributed by atoms with Crippen LogP contribution in [0.25, 0.3) is 6.08 Å². The molecule has 3 aromatic rings. The second-order valence-electron chi connectivity index (χ2n) is 6.63. The molecule has 0 bridgehead atoms. The number of aromatic nitrogens is 1. The highest BCUT2D eigenvalue weighted by Crippen LogP contribution is 2.33. The SMILES string of the molecule is CCOC(=O)C1=C(C)N=c2s/c(=C/c3ccccc3[N+](=O)[O-])c(=O)n2C1c1cccs1. The molecule has 1 unspecified atom stereocenters. The van der Waals surface area contributed by atoms with E-state index in [1.807, 2.05) is 17.5 Å². The highest BCUT2D eigenvalue weighted by molar-refractivity contribution is 7.10. The van der Waals surface area contributed by atoms with Crippen LogP contribution < -0.4 is 14.9 Å². The van der Waals surface area contributed by atoms with Gasteiger partial charge < -0.3 is 4.74 Å². The number of hydrogen-bond donors (Lipinski definition) is 0. The van der Waals surface area contributed by atoms with Crippen LogP contribution in [0.4, 0.5) is 5.69 Å². The molecule has 0 aliphatic carbocycles. The molecular formula is C21H17N3O5S2. The molecule has 31 heavy (non-hydrogen) atoms. The molecule has 10 heteroatoms. The van der Waals surface area contributed by atoms with Crippen molar-refractivity contribution in [2.24, 2.45) is 4.99 Å². The third-order valence-electron chi connectivity index (χ3n) is 4.75. The number of nitrogens with zero attached hydrogens (tertiary/aromatic N) is 3. The predicted octanol–water partition coefficient (Wildman–Crippen LogP) is 2.77. The van der Waals surface area contributed by atoms with Crippen molar-refractivity contribution < 1.29 is 14.5 Å². The summed E-state index contributed by atoms with van der Waals surface area (Å²) in [5, 5.41) is 13.2. The zero-order valence-electron chi connectivity index (χ0n) is 16.6. The number of carbonyl (C=O) groups is 1. The predicted molar refractivity (Wildman–Crippen MR) is 118 cm³/mol. The summed E-state index contributed by atoms with van der Waals surface area (Å²) in [6, 6.07) is 9.26. The number of carbonyl (C=O) groups excluding carboxylic acids is 1.